The van der Waals surface area contributed by atoms with Crippen LogP contribution in [0.25, 0.3) is 11.1 Å². The Morgan fingerprint density at radius 2 is 2.11 bits per heavy atom. The molecule has 1 N–H and O–H groups in total. The van der Waals surface area contributed by atoms with Gasteiger partial charge in [-0.15, -0.1) is 0 Å². The van der Waals surface area contributed by atoms with E-state index in [-0.39, 0.29) is 5.82 Å². The summed E-state index contributed by atoms with van der Waals surface area (Å²) in [6.45, 7) is 4.72. The van der Waals surface area contributed by atoms with Gasteiger partial charge < -0.3 is 9.73 Å². The van der Waals surface area contributed by atoms with Crippen molar-refractivity contribution in [3.8, 4) is 11.1 Å². The maximum atomic E-state index is 13.3. The molecule has 96 valence electrons. The lowest BCUT2D eigenvalue weighted by Gasteiger charge is -2.08. The molecule has 0 spiro atoms. The molecule has 18 heavy (non-hydrogen) atoms. The fraction of sp³-hybridized carbons (Fsp3) is 0.286. The largest absolute Gasteiger partial charge is 0.467 e. The molecule has 1 aromatic carbocycles. The highest BCUT2D eigenvalue weighted by Crippen LogP contribution is 2.28. The molecule has 0 saturated carbocycles. The lowest BCUT2D eigenvalue weighted by Crippen LogP contribution is -2.21. The van der Waals surface area contributed by atoms with Gasteiger partial charge in [0, 0.05) is 16.6 Å². The third-order valence-corrected chi connectivity index (χ3v) is 2.81. The van der Waals surface area contributed by atoms with Crippen molar-refractivity contribution in [3.05, 3.63) is 47.1 Å². The first-order valence-corrected chi connectivity index (χ1v) is 6.20. The van der Waals surface area contributed by atoms with Crippen LogP contribution < -0.4 is 5.32 Å². The van der Waals surface area contributed by atoms with Crippen molar-refractivity contribution in [2.24, 2.45) is 0 Å². The summed E-state index contributed by atoms with van der Waals surface area (Å²) in [5.41, 5.74) is 1.60. The summed E-state index contributed by atoms with van der Waals surface area (Å²) in [7, 11) is 0. The first-order chi connectivity index (χ1) is 8.56. The Bertz CT molecular complexity index is 516. The lowest BCUT2D eigenvalue weighted by molar-refractivity contribution is 0.466. The standard InChI is InChI=1S/C14H15ClFNO/c1-9(2)17-8-14-13(3-4-18-14)10-5-11(15)7-12(16)6-10/h3-7,9,17H,8H2,1-2H3. The Hall–Kier alpha value is -1.32. The van der Waals surface area contributed by atoms with Crippen LogP contribution in [0.5, 0.6) is 0 Å². The molecule has 0 aliphatic heterocycles. The van der Waals surface area contributed by atoms with Crippen LogP contribution in [0, 0.1) is 5.82 Å². The predicted molar refractivity (Wildman–Crippen MR) is 71.1 cm³/mol. The molecule has 4 heteroatoms. The van der Waals surface area contributed by atoms with E-state index in [0.29, 0.717) is 17.6 Å². The van der Waals surface area contributed by atoms with Gasteiger partial charge in [0.2, 0.25) is 0 Å². The quantitative estimate of drug-likeness (QED) is 0.896. The van der Waals surface area contributed by atoms with Gasteiger partial charge in [0.25, 0.3) is 0 Å². The molecule has 1 heterocycles. The van der Waals surface area contributed by atoms with Crippen molar-refractivity contribution in [1.82, 2.24) is 5.32 Å². The molecular formula is C14H15ClFNO. The van der Waals surface area contributed by atoms with Gasteiger partial charge in [-0.3, -0.25) is 0 Å². The second-order valence-corrected chi connectivity index (χ2v) is 4.89. The normalized spacial score (nSPS) is 11.2. The van der Waals surface area contributed by atoms with Crippen molar-refractivity contribution in [2.45, 2.75) is 26.4 Å². The fourth-order valence-corrected chi connectivity index (χ4v) is 1.96. The van der Waals surface area contributed by atoms with Crippen LogP contribution >= 0.6 is 11.6 Å². The summed E-state index contributed by atoms with van der Waals surface area (Å²) < 4.78 is 18.8. The van der Waals surface area contributed by atoms with Gasteiger partial charge in [-0.1, -0.05) is 25.4 Å². The second kappa shape index (κ2) is 5.55. The molecule has 0 saturated heterocycles. The van der Waals surface area contributed by atoms with Gasteiger partial charge in [-0.25, -0.2) is 4.39 Å². The SMILES string of the molecule is CC(C)NCc1occc1-c1cc(F)cc(Cl)c1. The number of halogens is 2. The van der Waals surface area contributed by atoms with E-state index >= 15 is 0 Å². The zero-order valence-corrected chi connectivity index (χ0v) is 11.1. The third-order valence-electron chi connectivity index (χ3n) is 2.59. The van der Waals surface area contributed by atoms with Crippen LogP contribution in [0.4, 0.5) is 4.39 Å². The third kappa shape index (κ3) is 3.12. The topological polar surface area (TPSA) is 25.2 Å². The Labute approximate surface area is 111 Å². The molecule has 1 aromatic heterocycles. The van der Waals surface area contributed by atoms with Crippen molar-refractivity contribution in [2.75, 3.05) is 0 Å². The van der Waals surface area contributed by atoms with Gasteiger partial charge in [0.1, 0.15) is 11.6 Å². The molecule has 0 bridgehead atoms. The summed E-state index contributed by atoms with van der Waals surface area (Å²) >= 11 is 5.86. The van der Waals surface area contributed by atoms with Gasteiger partial charge in [-0.2, -0.15) is 0 Å². The highest BCUT2D eigenvalue weighted by Gasteiger charge is 2.10. The van der Waals surface area contributed by atoms with E-state index < -0.39 is 0 Å². The average molecular weight is 268 g/mol. The second-order valence-electron chi connectivity index (χ2n) is 4.45. The zero-order chi connectivity index (χ0) is 13.1. The smallest absolute Gasteiger partial charge is 0.125 e. The van der Waals surface area contributed by atoms with Crippen molar-refractivity contribution in [3.63, 3.8) is 0 Å². The van der Waals surface area contributed by atoms with Gasteiger partial charge in [0.05, 0.1) is 12.8 Å². The molecule has 2 nitrogen and oxygen atoms in total. The van der Waals surface area contributed by atoms with Gasteiger partial charge in [0.15, 0.2) is 0 Å². The highest BCUT2D eigenvalue weighted by atomic mass is 35.5. The minimum absolute atomic E-state index is 0.346. The Morgan fingerprint density at radius 1 is 1.33 bits per heavy atom. The monoisotopic (exact) mass is 267 g/mol. The number of hydrogen-bond acceptors (Lipinski definition) is 2. The number of nitrogens with one attached hydrogen (secondary N) is 1. The maximum absolute atomic E-state index is 13.3. The molecule has 0 amide bonds. The van der Waals surface area contributed by atoms with Crippen molar-refractivity contribution < 1.29 is 8.81 Å². The van der Waals surface area contributed by atoms with E-state index in [2.05, 4.69) is 19.2 Å². The number of benzene rings is 1. The summed E-state index contributed by atoms with van der Waals surface area (Å²) in [6, 6.07) is 6.66. The summed E-state index contributed by atoms with van der Waals surface area (Å²) in [5.74, 6) is 0.437. The molecular weight excluding hydrogens is 253 g/mol. The van der Waals surface area contributed by atoms with Gasteiger partial charge in [-0.05, 0) is 29.8 Å². The summed E-state index contributed by atoms with van der Waals surface area (Å²) in [6.07, 6.45) is 1.60. The molecule has 0 aliphatic carbocycles. The van der Waals surface area contributed by atoms with E-state index in [1.165, 1.54) is 12.1 Å². The van der Waals surface area contributed by atoms with E-state index in [1.54, 1.807) is 12.3 Å². The average Bonchev–Trinajstić information content (AvgIpc) is 2.72. The fourth-order valence-electron chi connectivity index (χ4n) is 1.74. The van der Waals surface area contributed by atoms with E-state index in [4.69, 9.17) is 16.0 Å². The molecule has 0 aliphatic rings. The molecule has 0 fully saturated rings. The predicted octanol–water partition coefficient (Wildman–Crippen LogP) is 4.24. The van der Waals surface area contributed by atoms with Crippen molar-refractivity contribution in [1.29, 1.82) is 0 Å². The first-order valence-electron chi connectivity index (χ1n) is 5.82. The van der Waals surface area contributed by atoms with Crippen LogP contribution in [0.2, 0.25) is 5.02 Å². The Morgan fingerprint density at radius 3 is 2.78 bits per heavy atom. The highest BCUT2D eigenvalue weighted by molar-refractivity contribution is 6.30. The Kier molecular flexibility index (Phi) is 4.04. The summed E-state index contributed by atoms with van der Waals surface area (Å²) in [4.78, 5) is 0. The van der Waals surface area contributed by atoms with Crippen LogP contribution in [-0.2, 0) is 6.54 Å². The van der Waals surface area contributed by atoms with E-state index in [1.807, 2.05) is 6.07 Å². The number of rotatable bonds is 4. The van der Waals surface area contributed by atoms with Crippen LogP contribution in [0.15, 0.2) is 34.9 Å². The lowest BCUT2D eigenvalue weighted by atomic mass is 10.1. The van der Waals surface area contributed by atoms with E-state index in [9.17, 15) is 4.39 Å². The molecule has 0 radical (unpaired) electrons. The maximum Gasteiger partial charge on any atom is 0.125 e. The molecule has 0 atom stereocenters. The van der Waals surface area contributed by atoms with Crippen LogP contribution in [0.1, 0.15) is 19.6 Å². The summed E-state index contributed by atoms with van der Waals surface area (Å²) in [5, 5.41) is 3.65. The minimum atomic E-state index is -0.346. The van der Waals surface area contributed by atoms with Gasteiger partial charge >= 0.3 is 0 Å². The van der Waals surface area contributed by atoms with Crippen molar-refractivity contribution >= 4 is 11.6 Å². The van der Waals surface area contributed by atoms with E-state index in [0.717, 1.165) is 16.9 Å². The minimum Gasteiger partial charge on any atom is -0.467 e. The van der Waals surface area contributed by atoms with Crippen LogP contribution in [-0.4, -0.2) is 6.04 Å². The number of furan rings is 1. The molecule has 0 unspecified atom stereocenters. The Balaban J connectivity index is 2.30. The molecule has 2 aromatic rings. The van der Waals surface area contributed by atoms with Crippen LogP contribution in [0.3, 0.4) is 0 Å². The zero-order valence-electron chi connectivity index (χ0n) is 10.3. The number of hydrogen-bond donors (Lipinski definition) is 1. The first kappa shape index (κ1) is 13.1. The molecule has 2 rings (SSSR count).